The molecule has 19 heavy (non-hydrogen) atoms. The molecule has 0 unspecified atom stereocenters. The zero-order chi connectivity index (χ0) is 14.3. The zero-order valence-electron chi connectivity index (χ0n) is 10.9. The van der Waals surface area contributed by atoms with Crippen molar-refractivity contribution in [2.45, 2.75) is 32.6 Å². The van der Waals surface area contributed by atoms with Gasteiger partial charge >= 0.3 is 5.97 Å². The number of hydrogen-bond donors (Lipinski definition) is 2. The summed E-state index contributed by atoms with van der Waals surface area (Å²) in [5, 5.41) is 8.47. The molecule has 0 aliphatic heterocycles. The van der Waals surface area contributed by atoms with Gasteiger partial charge in [-0.3, -0.25) is 9.52 Å². The number of benzene rings is 1. The van der Waals surface area contributed by atoms with Crippen LogP contribution in [-0.2, 0) is 21.2 Å². The Hall–Kier alpha value is -1.56. The van der Waals surface area contributed by atoms with Gasteiger partial charge in [0.15, 0.2) is 0 Å². The lowest BCUT2D eigenvalue weighted by atomic mass is 10.1. The van der Waals surface area contributed by atoms with E-state index in [4.69, 9.17) is 5.11 Å². The molecular weight excluding hydrogens is 266 g/mol. The van der Waals surface area contributed by atoms with Gasteiger partial charge in [-0.2, -0.15) is 0 Å². The van der Waals surface area contributed by atoms with Crippen LogP contribution in [0.3, 0.4) is 0 Å². The molecule has 0 aliphatic carbocycles. The SMILES string of the molecule is CCCCc1ccc(NS(=O)(=O)CCC(=O)O)cc1. The molecule has 0 heterocycles. The zero-order valence-corrected chi connectivity index (χ0v) is 11.7. The Morgan fingerprint density at radius 3 is 2.42 bits per heavy atom. The Labute approximate surface area is 113 Å². The third-order valence-corrected chi connectivity index (χ3v) is 3.92. The summed E-state index contributed by atoms with van der Waals surface area (Å²) in [6.07, 6.45) is 2.79. The Bertz CT molecular complexity index is 508. The highest BCUT2D eigenvalue weighted by atomic mass is 32.2. The summed E-state index contributed by atoms with van der Waals surface area (Å²) >= 11 is 0. The lowest BCUT2D eigenvalue weighted by Gasteiger charge is -2.07. The first-order valence-corrected chi connectivity index (χ1v) is 7.89. The first-order valence-electron chi connectivity index (χ1n) is 6.24. The monoisotopic (exact) mass is 285 g/mol. The van der Waals surface area contributed by atoms with E-state index in [0.29, 0.717) is 5.69 Å². The first kappa shape index (κ1) is 15.5. The molecule has 0 bridgehead atoms. The van der Waals surface area contributed by atoms with Crippen molar-refractivity contribution in [3.63, 3.8) is 0 Å². The second-order valence-electron chi connectivity index (χ2n) is 4.37. The molecule has 5 nitrogen and oxygen atoms in total. The van der Waals surface area contributed by atoms with Crippen LogP contribution in [0.15, 0.2) is 24.3 Å². The molecule has 0 radical (unpaired) electrons. The maximum absolute atomic E-state index is 11.6. The average molecular weight is 285 g/mol. The molecule has 0 aliphatic rings. The minimum atomic E-state index is -3.59. The second kappa shape index (κ2) is 7.13. The van der Waals surface area contributed by atoms with Crippen LogP contribution < -0.4 is 4.72 Å². The van der Waals surface area contributed by atoms with E-state index in [1.54, 1.807) is 12.1 Å². The summed E-state index contributed by atoms with van der Waals surface area (Å²) in [6, 6.07) is 7.15. The number of carboxylic acids is 1. The number of anilines is 1. The van der Waals surface area contributed by atoms with Crippen LogP contribution >= 0.6 is 0 Å². The number of hydrogen-bond acceptors (Lipinski definition) is 3. The molecule has 0 atom stereocenters. The van der Waals surface area contributed by atoms with E-state index in [0.717, 1.165) is 24.8 Å². The molecule has 106 valence electrons. The van der Waals surface area contributed by atoms with Crippen molar-refractivity contribution in [1.29, 1.82) is 0 Å². The van der Waals surface area contributed by atoms with Crippen LogP contribution in [0.25, 0.3) is 0 Å². The molecule has 0 spiro atoms. The largest absolute Gasteiger partial charge is 0.481 e. The van der Waals surface area contributed by atoms with Crippen molar-refractivity contribution >= 4 is 21.7 Å². The highest BCUT2D eigenvalue weighted by molar-refractivity contribution is 7.92. The van der Waals surface area contributed by atoms with Gasteiger partial charge in [-0.25, -0.2) is 8.42 Å². The Balaban J connectivity index is 2.59. The molecule has 0 fully saturated rings. The summed E-state index contributed by atoms with van der Waals surface area (Å²) in [5.74, 6) is -1.54. The Morgan fingerprint density at radius 1 is 1.26 bits per heavy atom. The van der Waals surface area contributed by atoms with Gasteiger partial charge in [-0.15, -0.1) is 0 Å². The smallest absolute Gasteiger partial charge is 0.304 e. The minimum Gasteiger partial charge on any atom is -0.481 e. The van der Waals surface area contributed by atoms with Crippen molar-refractivity contribution in [3.8, 4) is 0 Å². The molecular formula is C13H19NO4S. The first-order chi connectivity index (χ1) is 8.93. The van der Waals surface area contributed by atoms with Crippen LogP contribution in [0.1, 0.15) is 31.7 Å². The number of rotatable bonds is 8. The van der Waals surface area contributed by atoms with E-state index in [2.05, 4.69) is 11.6 Å². The molecule has 1 aromatic carbocycles. The number of aryl methyl sites for hydroxylation is 1. The van der Waals surface area contributed by atoms with E-state index in [1.807, 2.05) is 12.1 Å². The Kier molecular flexibility index (Phi) is 5.82. The van der Waals surface area contributed by atoms with E-state index in [-0.39, 0.29) is 0 Å². The molecule has 0 saturated heterocycles. The topological polar surface area (TPSA) is 83.5 Å². The highest BCUT2D eigenvalue weighted by Crippen LogP contribution is 2.13. The highest BCUT2D eigenvalue weighted by Gasteiger charge is 2.12. The van der Waals surface area contributed by atoms with Gasteiger partial charge in [0.2, 0.25) is 10.0 Å². The number of aliphatic carboxylic acids is 1. The number of nitrogens with one attached hydrogen (secondary N) is 1. The molecule has 1 aromatic rings. The van der Waals surface area contributed by atoms with Crippen LogP contribution in [0, 0.1) is 0 Å². The summed E-state index contributed by atoms with van der Waals surface area (Å²) in [4.78, 5) is 10.4. The minimum absolute atomic E-state index is 0.399. The van der Waals surface area contributed by atoms with E-state index < -0.39 is 28.2 Å². The summed E-state index contributed by atoms with van der Waals surface area (Å²) in [5.41, 5.74) is 1.63. The van der Waals surface area contributed by atoms with Gasteiger partial charge in [-0.05, 0) is 30.5 Å². The van der Waals surface area contributed by atoms with E-state index in [1.165, 1.54) is 0 Å². The number of carboxylic acid groups (broad SMARTS) is 1. The molecule has 0 amide bonds. The third kappa shape index (κ3) is 6.24. The molecule has 0 saturated carbocycles. The van der Waals surface area contributed by atoms with E-state index >= 15 is 0 Å². The fourth-order valence-electron chi connectivity index (χ4n) is 1.57. The fraction of sp³-hybridized carbons (Fsp3) is 0.462. The average Bonchev–Trinajstić information content (AvgIpc) is 2.35. The van der Waals surface area contributed by atoms with Crippen molar-refractivity contribution in [2.24, 2.45) is 0 Å². The maximum Gasteiger partial charge on any atom is 0.304 e. The van der Waals surface area contributed by atoms with Crippen LogP contribution in [0.5, 0.6) is 0 Å². The lowest BCUT2D eigenvalue weighted by molar-refractivity contribution is -0.136. The lowest BCUT2D eigenvalue weighted by Crippen LogP contribution is -2.18. The molecule has 2 N–H and O–H groups in total. The second-order valence-corrected chi connectivity index (χ2v) is 6.21. The van der Waals surface area contributed by atoms with Gasteiger partial charge in [0, 0.05) is 5.69 Å². The molecule has 0 aromatic heterocycles. The van der Waals surface area contributed by atoms with Crippen LogP contribution in [0.2, 0.25) is 0 Å². The number of sulfonamides is 1. The van der Waals surface area contributed by atoms with Crippen molar-refractivity contribution in [1.82, 2.24) is 0 Å². The molecule has 6 heteroatoms. The van der Waals surface area contributed by atoms with Crippen LogP contribution in [0.4, 0.5) is 5.69 Å². The standard InChI is InChI=1S/C13H19NO4S/c1-2-3-4-11-5-7-12(8-6-11)14-19(17,18)10-9-13(15)16/h5-8,14H,2-4,9-10H2,1H3,(H,15,16). The van der Waals surface area contributed by atoms with Crippen LogP contribution in [-0.4, -0.2) is 25.2 Å². The van der Waals surface area contributed by atoms with Crippen molar-refractivity contribution in [3.05, 3.63) is 29.8 Å². The summed E-state index contributed by atoms with van der Waals surface area (Å²) < 4.78 is 25.5. The summed E-state index contributed by atoms with van der Waals surface area (Å²) in [6.45, 7) is 2.12. The normalized spacial score (nSPS) is 11.2. The van der Waals surface area contributed by atoms with Gasteiger partial charge in [0.1, 0.15) is 0 Å². The number of carbonyl (C=O) groups is 1. The van der Waals surface area contributed by atoms with Gasteiger partial charge in [0.25, 0.3) is 0 Å². The van der Waals surface area contributed by atoms with Gasteiger partial charge < -0.3 is 5.11 Å². The van der Waals surface area contributed by atoms with Gasteiger partial charge in [0.05, 0.1) is 12.2 Å². The Morgan fingerprint density at radius 2 is 1.89 bits per heavy atom. The van der Waals surface area contributed by atoms with Crippen molar-refractivity contribution in [2.75, 3.05) is 10.5 Å². The molecule has 1 rings (SSSR count). The van der Waals surface area contributed by atoms with Crippen molar-refractivity contribution < 1.29 is 18.3 Å². The third-order valence-electron chi connectivity index (χ3n) is 2.63. The predicted molar refractivity (Wildman–Crippen MR) is 74.7 cm³/mol. The van der Waals surface area contributed by atoms with Gasteiger partial charge in [-0.1, -0.05) is 25.5 Å². The predicted octanol–water partition coefficient (Wildman–Crippen LogP) is 2.25. The maximum atomic E-state index is 11.6. The summed E-state index contributed by atoms with van der Waals surface area (Å²) in [7, 11) is -3.59. The quantitative estimate of drug-likeness (QED) is 0.767. The fourth-order valence-corrected chi connectivity index (χ4v) is 2.61. The number of unbranched alkanes of at least 4 members (excludes halogenated alkanes) is 1. The van der Waals surface area contributed by atoms with E-state index in [9.17, 15) is 13.2 Å².